The molecule has 0 amide bonds. The van der Waals surface area contributed by atoms with Crippen LogP contribution in [0.1, 0.15) is 131 Å². The van der Waals surface area contributed by atoms with Crippen LogP contribution in [0.3, 0.4) is 0 Å². The number of methoxy groups -OCH3 is 1. The van der Waals surface area contributed by atoms with E-state index in [2.05, 4.69) is 40.7 Å². The first-order valence-corrected chi connectivity index (χ1v) is 18.9. The van der Waals surface area contributed by atoms with Crippen molar-refractivity contribution in [3.8, 4) is 0 Å². The maximum atomic E-state index is 12.1. The molecular formula is C41H66O4. The summed E-state index contributed by atoms with van der Waals surface area (Å²) in [7, 11) is 1.52. The van der Waals surface area contributed by atoms with Crippen molar-refractivity contribution in [3.63, 3.8) is 0 Å². The average Bonchev–Trinajstić information content (AvgIpc) is 3.36. The van der Waals surface area contributed by atoms with E-state index in [9.17, 15) is 15.0 Å². The standard InChI is InChI=1S/C41H66O4/c1-8-30(27(2)3)15-17-33(37(43)14-11-12-29-21-25-41(44,28(4)42)38(26-29)45-7)35-20-19-34-32-18-16-31-13-9-10-23-39(31,5)36(32)22-24-40(34,35)6/h11-12,21,25-27,30-38,43-44H,8-10,13-20,22-24H2,1-7H3/b12-11+/t30-,31?,32+,33-,34+,35-,36+,37?,38?,39+,40+,41?/m1/s1. The quantitative estimate of drug-likeness (QED) is 0.228. The van der Waals surface area contributed by atoms with E-state index >= 15 is 0 Å². The van der Waals surface area contributed by atoms with E-state index in [-0.39, 0.29) is 11.9 Å². The summed E-state index contributed by atoms with van der Waals surface area (Å²) in [6.07, 6.45) is 26.5. The minimum absolute atomic E-state index is 0.320. The van der Waals surface area contributed by atoms with Crippen molar-refractivity contribution in [2.75, 3.05) is 7.11 Å². The Morgan fingerprint density at radius 2 is 1.78 bits per heavy atom. The van der Waals surface area contributed by atoms with E-state index in [1.54, 1.807) is 12.2 Å². The highest BCUT2D eigenvalue weighted by atomic mass is 16.5. The van der Waals surface area contributed by atoms with Gasteiger partial charge in [0, 0.05) is 7.11 Å². The maximum Gasteiger partial charge on any atom is 0.170 e. The minimum atomic E-state index is -1.62. The monoisotopic (exact) mass is 622 g/mol. The molecule has 2 N–H and O–H groups in total. The number of ketones is 1. The van der Waals surface area contributed by atoms with Gasteiger partial charge in [-0.3, -0.25) is 4.79 Å². The molecule has 0 bridgehead atoms. The van der Waals surface area contributed by atoms with Crippen LogP contribution in [-0.4, -0.2) is 40.9 Å². The summed E-state index contributed by atoms with van der Waals surface area (Å²) in [5.74, 6) is 5.55. The molecule has 4 heteroatoms. The number of hydrogen-bond donors (Lipinski definition) is 2. The average molecular weight is 623 g/mol. The van der Waals surface area contributed by atoms with E-state index < -0.39 is 11.7 Å². The highest BCUT2D eigenvalue weighted by molar-refractivity contribution is 5.88. The lowest BCUT2D eigenvalue weighted by molar-refractivity contribution is -0.139. The van der Waals surface area contributed by atoms with Gasteiger partial charge in [-0.15, -0.1) is 0 Å². The summed E-state index contributed by atoms with van der Waals surface area (Å²) in [6, 6.07) is 0. The first-order valence-electron chi connectivity index (χ1n) is 18.9. The van der Waals surface area contributed by atoms with Gasteiger partial charge in [0.05, 0.1) is 6.10 Å². The van der Waals surface area contributed by atoms with Crippen LogP contribution in [0.4, 0.5) is 0 Å². The van der Waals surface area contributed by atoms with Gasteiger partial charge in [-0.25, -0.2) is 0 Å². The molecule has 4 nitrogen and oxygen atoms in total. The fourth-order valence-corrected chi connectivity index (χ4v) is 12.0. The van der Waals surface area contributed by atoms with Gasteiger partial charge in [-0.1, -0.05) is 72.1 Å². The third-order valence-corrected chi connectivity index (χ3v) is 14.8. The van der Waals surface area contributed by atoms with Crippen molar-refractivity contribution in [2.24, 2.45) is 58.2 Å². The van der Waals surface area contributed by atoms with Gasteiger partial charge in [-0.05, 0) is 153 Å². The Hall–Kier alpha value is -1.23. The zero-order valence-electron chi connectivity index (χ0n) is 29.8. The van der Waals surface area contributed by atoms with E-state index in [1.165, 1.54) is 91.1 Å². The van der Waals surface area contributed by atoms with Crippen LogP contribution in [0.2, 0.25) is 0 Å². The van der Waals surface area contributed by atoms with Crippen LogP contribution in [0.5, 0.6) is 0 Å². The topological polar surface area (TPSA) is 66.8 Å². The van der Waals surface area contributed by atoms with Crippen LogP contribution in [-0.2, 0) is 9.53 Å². The molecule has 5 rings (SSSR count). The number of fused-ring (bicyclic) bond motifs is 5. The lowest BCUT2D eigenvalue weighted by Gasteiger charge is -2.61. The molecule has 4 fully saturated rings. The molecule has 0 aromatic carbocycles. The molecule has 0 spiro atoms. The second-order valence-electron chi connectivity index (χ2n) is 17.0. The molecule has 0 saturated heterocycles. The Morgan fingerprint density at radius 1 is 1.02 bits per heavy atom. The second-order valence-corrected chi connectivity index (χ2v) is 17.0. The molecule has 0 heterocycles. The summed E-state index contributed by atoms with van der Waals surface area (Å²) < 4.78 is 5.47. The number of ether oxygens (including phenoxy) is 1. The molecule has 12 atom stereocenters. The molecule has 0 aromatic rings. The number of aliphatic hydroxyl groups is 2. The van der Waals surface area contributed by atoms with Crippen molar-refractivity contribution in [1.29, 1.82) is 0 Å². The Balaban J connectivity index is 1.33. The van der Waals surface area contributed by atoms with Gasteiger partial charge in [-0.2, -0.15) is 0 Å². The fourth-order valence-electron chi connectivity index (χ4n) is 12.0. The Bertz CT molecular complexity index is 1120. The van der Waals surface area contributed by atoms with Crippen molar-refractivity contribution < 1.29 is 19.7 Å². The smallest absolute Gasteiger partial charge is 0.170 e. The third-order valence-electron chi connectivity index (χ3n) is 14.8. The fraction of sp³-hybridized carbons (Fsp3) is 0.829. The molecule has 0 aliphatic heterocycles. The maximum absolute atomic E-state index is 12.1. The number of hydrogen-bond acceptors (Lipinski definition) is 4. The van der Waals surface area contributed by atoms with Crippen molar-refractivity contribution in [2.45, 2.75) is 149 Å². The molecule has 45 heavy (non-hydrogen) atoms. The van der Waals surface area contributed by atoms with Gasteiger partial charge < -0.3 is 14.9 Å². The van der Waals surface area contributed by atoms with E-state index in [1.807, 2.05) is 12.2 Å². The number of carbonyl (C=O) groups excluding carboxylic acids is 1. The van der Waals surface area contributed by atoms with Crippen molar-refractivity contribution in [1.82, 2.24) is 0 Å². The number of rotatable bonds is 12. The summed E-state index contributed by atoms with van der Waals surface area (Å²) in [5, 5.41) is 22.8. The van der Waals surface area contributed by atoms with Gasteiger partial charge in [0.25, 0.3) is 0 Å². The number of carbonyl (C=O) groups is 1. The molecule has 0 aromatic heterocycles. The van der Waals surface area contributed by atoms with Gasteiger partial charge in [0.1, 0.15) is 6.10 Å². The first kappa shape index (κ1) is 35.1. The third kappa shape index (κ3) is 6.60. The number of allylic oxidation sites excluding steroid dienone is 3. The van der Waals surface area contributed by atoms with E-state index in [0.29, 0.717) is 40.9 Å². The van der Waals surface area contributed by atoms with E-state index in [0.717, 1.165) is 35.7 Å². The molecule has 4 saturated carbocycles. The molecular weight excluding hydrogens is 556 g/mol. The molecule has 5 aliphatic rings. The summed E-state index contributed by atoms with van der Waals surface area (Å²) in [6.45, 7) is 13.8. The summed E-state index contributed by atoms with van der Waals surface area (Å²) in [5.41, 5.74) is 0.190. The van der Waals surface area contributed by atoms with Gasteiger partial charge in [0.2, 0.25) is 0 Å². The van der Waals surface area contributed by atoms with Crippen LogP contribution < -0.4 is 0 Å². The minimum Gasteiger partial charge on any atom is -0.393 e. The Morgan fingerprint density at radius 3 is 2.47 bits per heavy atom. The summed E-state index contributed by atoms with van der Waals surface area (Å²) >= 11 is 0. The zero-order chi connectivity index (χ0) is 32.6. The summed E-state index contributed by atoms with van der Waals surface area (Å²) in [4.78, 5) is 12.1. The predicted octanol–water partition coefficient (Wildman–Crippen LogP) is 9.25. The SMILES string of the molecule is CC[C@H](CC[C@@H](C(O)C/C=C/C1=CC(OC)C(O)(C(C)=O)C=C1)[C@H]1CC[C@H]2[C@@H]3CCC4CCCC[C@]4(C)[C@H]3CC[C@]12C)C(C)C. The van der Waals surface area contributed by atoms with Crippen LogP contribution in [0.15, 0.2) is 36.0 Å². The Labute approximate surface area is 275 Å². The van der Waals surface area contributed by atoms with Crippen LogP contribution in [0.25, 0.3) is 0 Å². The van der Waals surface area contributed by atoms with Gasteiger partial charge in [0.15, 0.2) is 11.4 Å². The van der Waals surface area contributed by atoms with Gasteiger partial charge >= 0.3 is 0 Å². The lowest BCUT2D eigenvalue weighted by Crippen LogP contribution is -2.53. The van der Waals surface area contributed by atoms with Crippen LogP contribution >= 0.6 is 0 Å². The van der Waals surface area contributed by atoms with E-state index in [4.69, 9.17) is 4.74 Å². The molecule has 4 unspecified atom stereocenters. The predicted molar refractivity (Wildman–Crippen MR) is 185 cm³/mol. The largest absolute Gasteiger partial charge is 0.393 e. The number of aliphatic hydroxyl groups excluding tert-OH is 1. The van der Waals surface area contributed by atoms with Crippen molar-refractivity contribution in [3.05, 3.63) is 36.0 Å². The Kier molecular flexibility index (Phi) is 11.0. The lowest BCUT2D eigenvalue weighted by atomic mass is 9.44. The highest BCUT2D eigenvalue weighted by Crippen LogP contribution is 2.68. The number of Topliss-reactive ketones (excluding diaryl/α,β-unsaturated/α-hetero) is 1. The highest BCUT2D eigenvalue weighted by Gasteiger charge is 2.60. The molecule has 5 aliphatic carbocycles. The van der Waals surface area contributed by atoms with Crippen LogP contribution in [0, 0.1) is 58.2 Å². The first-order chi connectivity index (χ1) is 21.4. The van der Waals surface area contributed by atoms with Crippen molar-refractivity contribution >= 4 is 5.78 Å². The molecule has 254 valence electrons. The second kappa shape index (κ2) is 14.1. The molecule has 0 radical (unpaired) electrons. The zero-order valence-corrected chi connectivity index (χ0v) is 29.8. The normalized spacial score (nSPS) is 41.7.